The van der Waals surface area contributed by atoms with Crippen LogP contribution < -0.4 is 10.9 Å². The lowest BCUT2D eigenvalue weighted by molar-refractivity contribution is 0.0285. The Labute approximate surface area is 176 Å². The Morgan fingerprint density at radius 2 is 1.68 bits per heavy atom. The van der Waals surface area contributed by atoms with E-state index in [1.807, 2.05) is 0 Å². The number of anilines is 1. The molecule has 0 aliphatic carbocycles. The van der Waals surface area contributed by atoms with Crippen LogP contribution in [0.3, 0.4) is 0 Å². The molecular weight excluding hydrogens is 398 g/mol. The molecule has 31 heavy (non-hydrogen) atoms. The molecule has 156 valence electrons. The number of aromatic nitrogens is 1. The summed E-state index contributed by atoms with van der Waals surface area (Å²) in [6, 6.07) is 15.4. The molecule has 1 saturated heterocycles. The highest BCUT2D eigenvalue weighted by atomic mass is 16.5. The zero-order valence-electron chi connectivity index (χ0n) is 16.5. The van der Waals surface area contributed by atoms with E-state index < -0.39 is 5.91 Å². The second-order valence-corrected chi connectivity index (χ2v) is 7.25. The Bertz CT molecular complexity index is 1360. The molecule has 8 heteroatoms. The van der Waals surface area contributed by atoms with Gasteiger partial charge in [0, 0.05) is 35.4 Å². The number of ether oxygens (including phenoxy) is 1. The number of H-pyrrole nitrogens is 1. The molecule has 4 aromatic rings. The maximum Gasteiger partial charge on any atom is 0.291 e. The van der Waals surface area contributed by atoms with Gasteiger partial charge in [0.05, 0.1) is 18.8 Å². The second-order valence-electron chi connectivity index (χ2n) is 7.25. The van der Waals surface area contributed by atoms with Crippen molar-refractivity contribution in [1.82, 2.24) is 9.88 Å². The molecule has 1 aliphatic rings. The SMILES string of the molecule is O=C(Nc1c(C(=O)N2CCOCC2)oc2ccccc12)c1cc(=O)[nH]c2ccccc12. The van der Waals surface area contributed by atoms with Crippen LogP contribution in [0, 0.1) is 0 Å². The van der Waals surface area contributed by atoms with Gasteiger partial charge < -0.3 is 24.4 Å². The van der Waals surface area contributed by atoms with Crippen LogP contribution in [0.15, 0.2) is 63.8 Å². The van der Waals surface area contributed by atoms with Gasteiger partial charge in [-0.1, -0.05) is 30.3 Å². The summed E-state index contributed by atoms with van der Waals surface area (Å²) in [5.74, 6) is -0.749. The Hall–Kier alpha value is -3.91. The van der Waals surface area contributed by atoms with E-state index in [0.29, 0.717) is 53.9 Å². The molecule has 8 nitrogen and oxygen atoms in total. The molecule has 1 aliphatic heterocycles. The normalized spacial score (nSPS) is 14.1. The van der Waals surface area contributed by atoms with Crippen molar-refractivity contribution in [2.24, 2.45) is 0 Å². The fraction of sp³-hybridized carbons (Fsp3) is 0.174. The van der Waals surface area contributed by atoms with E-state index in [1.54, 1.807) is 53.4 Å². The van der Waals surface area contributed by atoms with Crippen LogP contribution in [-0.2, 0) is 4.74 Å². The zero-order chi connectivity index (χ0) is 21.4. The quantitative estimate of drug-likeness (QED) is 0.533. The van der Waals surface area contributed by atoms with Crippen molar-refractivity contribution < 1.29 is 18.7 Å². The van der Waals surface area contributed by atoms with Gasteiger partial charge in [-0.3, -0.25) is 14.4 Å². The number of morpholine rings is 1. The van der Waals surface area contributed by atoms with E-state index in [0.717, 1.165) is 0 Å². The Morgan fingerprint density at radius 1 is 0.968 bits per heavy atom. The number of pyridine rings is 1. The number of hydrogen-bond donors (Lipinski definition) is 2. The summed E-state index contributed by atoms with van der Waals surface area (Å²) in [5, 5.41) is 4.04. The van der Waals surface area contributed by atoms with Crippen LogP contribution in [0.5, 0.6) is 0 Å². The number of furan rings is 1. The van der Waals surface area contributed by atoms with Crippen LogP contribution in [0.1, 0.15) is 20.9 Å². The zero-order valence-corrected chi connectivity index (χ0v) is 16.5. The third-order valence-electron chi connectivity index (χ3n) is 5.32. The minimum Gasteiger partial charge on any atom is -0.449 e. The molecular formula is C23H19N3O5. The standard InChI is InChI=1S/C23H19N3O5/c27-19-13-16(14-5-1-3-7-17(14)24-19)22(28)25-20-15-6-2-4-8-18(15)31-21(20)23(29)26-9-11-30-12-10-26/h1-8,13H,9-12H2,(H,24,27)(H,25,28). The number of fused-ring (bicyclic) bond motifs is 2. The van der Waals surface area contributed by atoms with Crippen LogP contribution in [-0.4, -0.2) is 48.0 Å². The lowest BCUT2D eigenvalue weighted by atomic mass is 10.1. The maximum atomic E-state index is 13.2. The van der Waals surface area contributed by atoms with Crippen molar-refractivity contribution in [3.05, 3.63) is 76.3 Å². The molecule has 2 N–H and O–H groups in total. The van der Waals surface area contributed by atoms with Gasteiger partial charge in [0.25, 0.3) is 11.8 Å². The van der Waals surface area contributed by atoms with Gasteiger partial charge in [0.2, 0.25) is 11.3 Å². The number of nitrogens with one attached hydrogen (secondary N) is 2. The van der Waals surface area contributed by atoms with Crippen LogP contribution in [0.25, 0.3) is 21.9 Å². The van der Waals surface area contributed by atoms with E-state index in [2.05, 4.69) is 10.3 Å². The number of hydrogen-bond acceptors (Lipinski definition) is 5. The molecule has 0 unspecified atom stereocenters. The van der Waals surface area contributed by atoms with Crippen molar-refractivity contribution in [2.45, 2.75) is 0 Å². The van der Waals surface area contributed by atoms with E-state index in [9.17, 15) is 14.4 Å². The van der Waals surface area contributed by atoms with Crippen molar-refractivity contribution in [3.8, 4) is 0 Å². The summed E-state index contributed by atoms with van der Waals surface area (Å²) >= 11 is 0. The highest BCUT2D eigenvalue weighted by molar-refractivity contribution is 6.17. The fourth-order valence-electron chi connectivity index (χ4n) is 3.80. The Balaban J connectivity index is 1.58. The summed E-state index contributed by atoms with van der Waals surface area (Å²) in [7, 11) is 0. The average Bonchev–Trinajstić information content (AvgIpc) is 3.17. The number of aromatic amines is 1. The molecule has 1 fully saturated rings. The van der Waals surface area contributed by atoms with E-state index in [1.165, 1.54) is 6.07 Å². The summed E-state index contributed by atoms with van der Waals surface area (Å²) < 4.78 is 11.2. The average molecular weight is 417 g/mol. The molecule has 0 bridgehead atoms. The smallest absolute Gasteiger partial charge is 0.291 e. The molecule has 2 amide bonds. The fourth-order valence-corrected chi connectivity index (χ4v) is 3.80. The molecule has 0 spiro atoms. The number of nitrogens with zero attached hydrogens (tertiary/aromatic N) is 1. The predicted molar refractivity (Wildman–Crippen MR) is 115 cm³/mol. The van der Waals surface area contributed by atoms with E-state index in [4.69, 9.17) is 9.15 Å². The molecule has 0 atom stereocenters. The highest BCUT2D eigenvalue weighted by Gasteiger charge is 2.28. The van der Waals surface area contributed by atoms with Crippen molar-refractivity contribution >= 4 is 39.4 Å². The second kappa shape index (κ2) is 7.73. The van der Waals surface area contributed by atoms with Crippen LogP contribution in [0.4, 0.5) is 5.69 Å². The van der Waals surface area contributed by atoms with Crippen LogP contribution in [0.2, 0.25) is 0 Å². The first-order valence-corrected chi connectivity index (χ1v) is 9.94. The van der Waals surface area contributed by atoms with Gasteiger partial charge in [0.1, 0.15) is 11.3 Å². The summed E-state index contributed by atoms with van der Waals surface area (Å²) in [5.41, 5.74) is 1.17. The first-order valence-electron chi connectivity index (χ1n) is 9.94. The van der Waals surface area contributed by atoms with Gasteiger partial charge in [-0.15, -0.1) is 0 Å². The van der Waals surface area contributed by atoms with Gasteiger partial charge in [0.15, 0.2) is 0 Å². The maximum absolute atomic E-state index is 13.2. The number of carbonyl (C=O) groups excluding carboxylic acids is 2. The number of para-hydroxylation sites is 2. The Kier molecular flexibility index (Phi) is 4.76. The van der Waals surface area contributed by atoms with Gasteiger partial charge in [-0.25, -0.2) is 0 Å². The van der Waals surface area contributed by atoms with E-state index in [-0.39, 0.29) is 22.8 Å². The van der Waals surface area contributed by atoms with Gasteiger partial charge in [-0.2, -0.15) is 0 Å². The third-order valence-corrected chi connectivity index (χ3v) is 5.32. The lowest BCUT2D eigenvalue weighted by Crippen LogP contribution is -2.40. The first-order chi connectivity index (χ1) is 15.1. The lowest BCUT2D eigenvalue weighted by Gasteiger charge is -2.26. The first kappa shape index (κ1) is 19.1. The molecule has 0 saturated carbocycles. The number of carbonyl (C=O) groups is 2. The molecule has 5 rings (SSSR count). The largest absolute Gasteiger partial charge is 0.449 e. The monoisotopic (exact) mass is 417 g/mol. The third kappa shape index (κ3) is 3.47. The Morgan fingerprint density at radius 3 is 2.48 bits per heavy atom. The summed E-state index contributed by atoms with van der Waals surface area (Å²) in [6.07, 6.45) is 0. The highest BCUT2D eigenvalue weighted by Crippen LogP contribution is 2.32. The van der Waals surface area contributed by atoms with E-state index >= 15 is 0 Å². The number of benzene rings is 2. The summed E-state index contributed by atoms with van der Waals surface area (Å²) in [6.45, 7) is 1.79. The van der Waals surface area contributed by atoms with Crippen molar-refractivity contribution in [3.63, 3.8) is 0 Å². The molecule has 3 heterocycles. The van der Waals surface area contributed by atoms with Crippen LogP contribution >= 0.6 is 0 Å². The molecule has 0 radical (unpaired) electrons. The van der Waals surface area contributed by atoms with Gasteiger partial charge in [-0.05, 0) is 18.2 Å². The van der Waals surface area contributed by atoms with Gasteiger partial charge >= 0.3 is 0 Å². The number of rotatable bonds is 3. The van der Waals surface area contributed by atoms with Crippen molar-refractivity contribution in [1.29, 1.82) is 0 Å². The molecule has 2 aromatic heterocycles. The minimum absolute atomic E-state index is 0.0607. The van der Waals surface area contributed by atoms with Crippen molar-refractivity contribution in [2.75, 3.05) is 31.6 Å². The summed E-state index contributed by atoms with van der Waals surface area (Å²) in [4.78, 5) is 42.8. The number of amides is 2. The molecule has 2 aromatic carbocycles. The minimum atomic E-state index is -0.495. The predicted octanol–water partition coefficient (Wildman–Crippen LogP) is 3.00. The topological polar surface area (TPSA) is 105 Å².